The number of hydrogen-bond acceptors (Lipinski definition) is 13. The van der Waals surface area contributed by atoms with E-state index in [1.54, 1.807) is 0 Å². The SMILES string of the molecule is CCc1nnn(CSCC(=O)N[C@@]2(OC)C(=O)N3C(C(=O)O)=C(CSc4nnc(C)s4)CSC32)n1. The Morgan fingerprint density at radius 2 is 2.14 bits per heavy atom. The molecule has 1 fully saturated rings. The maximum absolute atomic E-state index is 13.2. The zero-order valence-corrected chi connectivity index (χ0v) is 22.2. The quantitative estimate of drug-likeness (QED) is 0.224. The number of nitrogens with one attached hydrogen (secondary N) is 1. The largest absolute Gasteiger partial charge is 0.477 e. The van der Waals surface area contributed by atoms with Crippen molar-refractivity contribution >= 4 is 64.4 Å². The molecule has 35 heavy (non-hydrogen) atoms. The van der Waals surface area contributed by atoms with Gasteiger partial charge in [-0.3, -0.25) is 14.5 Å². The number of rotatable bonds is 11. The Morgan fingerprint density at radius 3 is 2.77 bits per heavy atom. The molecular weight excluding hydrogens is 537 g/mol. The molecule has 2 atom stereocenters. The molecule has 2 amide bonds. The van der Waals surface area contributed by atoms with Crippen molar-refractivity contribution in [2.45, 2.75) is 41.6 Å². The number of nitrogens with zero attached hydrogens (tertiary/aromatic N) is 7. The van der Waals surface area contributed by atoms with Crippen molar-refractivity contribution in [2.24, 2.45) is 0 Å². The van der Waals surface area contributed by atoms with Gasteiger partial charge in [0.25, 0.3) is 11.6 Å². The highest BCUT2D eigenvalue weighted by Gasteiger charge is 2.66. The van der Waals surface area contributed by atoms with Crippen molar-refractivity contribution in [1.29, 1.82) is 0 Å². The minimum atomic E-state index is -1.63. The molecule has 4 heterocycles. The average molecular weight is 559 g/mol. The Morgan fingerprint density at radius 1 is 1.34 bits per heavy atom. The number of fused-ring (bicyclic) bond motifs is 1. The number of tetrazole rings is 1. The van der Waals surface area contributed by atoms with Crippen LogP contribution in [-0.4, -0.2) is 93.7 Å². The molecule has 1 saturated heterocycles. The van der Waals surface area contributed by atoms with Gasteiger partial charge in [0.15, 0.2) is 10.2 Å². The lowest BCUT2D eigenvalue weighted by Gasteiger charge is -2.55. The molecule has 0 aromatic carbocycles. The molecule has 0 bridgehead atoms. The molecule has 188 valence electrons. The van der Waals surface area contributed by atoms with Gasteiger partial charge in [0.2, 0.25) is 5.91 Å². The summed E-state index contributed by atoms with van der Waals surface area (Å²) >= 11 is 5.39. The van der Waals surface area contributed by atoms with Gasteiger partial charge in [0.05, 0.1) is 5.75 Å². The van der Waals surface area contributed by atoms with E-state index in [9.17, 15) is 19.5 Å². The molecule has 2 aliphatic rings. The second-order valence-electron chi connectivity index (χ2n) is 7.37. The van der Waals surface area contributed by atoms with Crippen LogP contribution in [0.5, 0.6) is 0 Å². The highest BCUT2D eigenvalue weighted by molar-refractivity contribution is 8.02. The summed E-state index contributed by atoms with van der Waals surface area (Å²) in [5, 5.41) is 32.6. The van der Waals surface area contributed by atoms with Crippen LogP contribution in [0.3, 0.4) is 0 Å². The number of β-lactam (4-membered cyclic amide) rings is 1. The topological polar surface area (TPSA) is 165 Å². The van der Waals surface area contributed by atoms with Gasteiger partial charge in [0, 0.05) is 25.0 Å². The number of carbonyl (C=O) groups is 3. The number of thioether (sulfide) groups is 3. The van der Waals surface area contributed by atoms with Crippen molar-refractivity contribution in [3.05, 3.63) is 22.1 Å². The van der Waals surface area contributed by atoms with Gasteiger partial charge in [-0.2, -0.15) is 4.80 Å². The third kappa shape index (κ3) is 5.18. The van der Waals surface area contributed by atoms with Crippen LogP contribution in [0.2, 0.25) is 0 Å². The van der Waals surface area contributed by atoms with Crippen LogP contribution in [0.4, 0.5) is 0 Å². The molecule has 2 aromatic heterocycles. The fourth-order valence-electron chi connectivity index (χ4n) is 3.48. The Hall–Kier alpha value is -2.21. The Kier molecular flexibility index (Phi) is 7.99. The summed E-state index contributed by atoms with van der Waals surface area (Å²) in [4.78, 5) is 40.5. The predicted molar refractivity (Wildman–Crippen MR) is 131 cm³/mol. The summed E-state index contributed by atoms with van der Waals surface area (Å²) in [6.07, 6.45) is 0.661. The summed E-state index contributed by atoms with van der Waals surface area (Å²) in [7, 11) is 1.32. The zero-order valence-electron chi connectivity index (χ0n) is 19.0. The maximum atomic E-state index is 13.2. The highest BCUT2D eigenvalue weighted by Crippen LogP contribution is 2.47. The van der Waals surface area contributed by atoms with Crippen molar-refractivity contribution in [3.8, 4) is 0 Å². The van der Waals surface area contributed by atoms with Crippen LogP contribution in [0, 0.1) is 6.92 Å². The third-order valence-corrected chi connectivity index (χ3v) is 9.40. The second-order valence-corrected chi connectivity index (χ2v) is 11.8. The fourth-order valence-corrected chi connectivity index (χ4v) is 7.49. The zero-order chi connectivity index (χ0) is 25.2. The molecule has 2 aliphatic heterocycles. The molecule has 4 rings (SSSR count). The van der Waals surface area contributed by atoms with Gasteiger partial charge >= 0.3 is 5.97 Å². The first-order chi connectivity index (χ1) is 16.8. The smallest absolute Gasteiger partial charge is 0.352 e. The number of carboxylic acid groups (broad SMARTS) is 1. The molecule has 1 unspecified atom stereocenters. The van der Waals surface area contributed by atoms with Crippen LogP contribution in [0.1, 0.15) is 17.8 Å². The van der Waals surface area contributed by atoms with Crippen molar-refractivity contribution in [3.63, 3.8) is 0 Å². The van der Waals surface area contributed by atoms with E-state index in [2.05, 4.69) is 30.9 Å². The number of hydrogen-bond donors (Lipinski definition) is 2. The summed E-state index contributed by atoms with van der Waals surface area (Å²) < 4.78 is 6.20. The first-order valence-electron chi connectivity index (χ1n) is 10.3. The maximum Gasteiger partial charge on any atom is 0.352 e. The fraction of sp³-hybridized carbons (Fsp3) is 0.556. The Bertz CT molecular complexity index is 1170. The number of carbonyl (C=O) groups excluding carboxylic acids is 2. The lowest BCUT2D eigenvalue weighted by atomic mass is 9.98. The molecule has 17 heteroatoms. The molecule has 0 aliphatic carbocycles. The molecule has 0 spiro atoms. The van der Waals surface area contributed by atoms with E-state index in [4.69, 9.17) is 4.74 Å². The van der Waals surface area contributed by atoms with Crippen LogP contribution in [-0.2, 0) is 31.4 Å². The first-order valence-corrected chi connectivity index (χ1v) is 14.3. The van der Waals surface area contributed by atoms with Gasteiger partial charge < -0.3 is 15.2 Å². The number of aliphatic carboxylic acids is 1. The number of ether oxygens (including phenoxy) is 1. The lowest BCUT2D eigenvalue weighted by Crippen LogP contribution is -2.80. The van der Waals surface area contributed by atoms with E-state index < -0.39 is 28.9 Å². The second kappa shape index (κ2) is 10.8. The molecule has 13 nitrogen and oxygen atoms in total. The first kappa shape index (κ1) is 25.9. The third-order valence-electron chi connectivity index (χ3n) is 5.09. The summed E-state index contributed by atoms with van der Waals surface area (Å²) in [5.41, 5.74) is -1.10. The van der Waals surface area contributed by atoms with Crippen LogP contribution >= 0.6 is 46.6 Å². The predicted octanol–water partition coefficient (Wildman–Crippen LogP) is 0.591. The number of carboxylic acids is 1. The summed E-state index contributed by atoms with van der Waals surface area (Å²) in [6, 6.07) is 0. The minimum Gasteiger partial charge on any atom is -0.477 e. The van der Waals surface area contributed by atoms with Gasteiger partial charge in [-0.1, -0.05) is 30.0 Å². The number of aromatic nitrogens is 6. The number of amides is 2. The number of aryl methyl sites for hydroxylation is 2. The summed E-state index contributed by atoms with van der Waals surface area (Å²) in [6.45, 7) is 3.76. The molecule has 0 saturated carbocycles. The van der Waals surface area contributed by atoms with Crippen molar-refractivity contribution in [2.75, 3.05) is 24.4 Å². The van der Waals surface area contributed by atoms with E-state index in [1.807, 2.05) is 13.8 Å². The standard InChI is InChI=1S/C18H22N8O5S4/c1-4-11-21-24-25(23-11)8-32-7-12(27)19-18(31-3)15(30)26-13(14(28)29)10(5-33-16(18)26)6-34-17-22-20-9(2)35-17/h16H,4-8H2,1-3H3,(H,19,27)(H,28,29)/t16?,18-/m1/s1. The van der Waals surface area contributed by atoms with Crippen LogP contribution < -0.4 is 5.32 Å². The van der Waals surface area contributed by atoms with E-state index in [-0.39, 0.29) is 11.4 Å². The molecule has 2 aromatic rings. The van der Waals surface area contributed by atoms with Gasteiger partial charge in [-0.05, 0) is 17.7 Å². The van der Waals surface area contributed by atoms with E-state index in [0.717, 1.165) is 9.35 Å². The van der Waals surface area contributed by atoms with E-state index in [1.165, 1.54) is 63.4 Å². The van der Waals surface area contributed by atoms with Gasteiger partial charge in [0.1, 0.15) is 22.0 Å². The van der Waals surface area contributed by atoms with Crippen LogP contribution in [0.25, 0.3) is 0 Å². The monoisotopic (exact) mass is 558 g/mol. The van der Waals surface area contributed by atoms with E-state index in [0.29, 0.717) is 35.2 Å². The van der Waals surface area contributed by atoms with E-state index >= 15 is 0 Å². The van der Waals surface area contributed by atoms with Crippen molar-refractivity contribution < 1.29 is 24.2 Å². The molecular formula is C18H22N8O5S4. The lowest BCUT2D eigenvalue weighted by molar-refractivity contribution is -0.192. The van der Waals surface area contributed by atoms with Gasteiger partial charge in [-0.15, -0.1) is 43.9 Å². The molecule has 2 N–H and O–H groups in total. The minimum absolute atomic E-state index is 0.0313. The van der Waals surface area contributed by atoms with Crippen molar-refractivity contribution in [1.82, 2.24) is 40.6 Å². The normalized spacial score (nSPS) is 21.6. The molecule has 0 radical (unpaired) electrons. The highest BCUT2D eigenvalue weighted by atomic mass is 32.2. The number of methoxy groups -OCH3 is 1. The van der Waals surface area contributed by atoms with Crippen LogP contribution in [0.15, 0.2) is 15.6 Å². The average Bonchev–Trinajstić information content (AvgIpc) is 3.48. The van der Waals surface area contributed by atoms with Gasteiger partial charge in [-0.25, -0.2) is 4.79 Å². The Balaban J connectivity index is 1.40. The Labute approximate surface area is 216 Å². The summed E-state index contributed by atoms with van der Waals surface area (Å²) in [5.74, 6) is -0.550.